The number of rotatable bonds is 9. The molecule has 0 amide bonds. The molecule has 0 bridgehead atoms. The minimum atomic E-state index is -4.51. The van der Waals surface area contributed by atoms with Crippen molar-refractivity contribution in [1.29, 1.82) is 0 Å². The van der Waals surface area contributed by atoms with E-state index in [2.05, 4.69) is 26.9 Å². The summed E-state index contributed by atoms with van der Waals surface area (Å²) in [6, 6.07) is 7.71. The van der Waals surface area contributed by atoms with Crippen LogP contribution in [-0.4, -0.2) is 73.1 Å². The number of aldehydes is 1. The van der Waals surface area contributed by atoms with Crippen molar-refractivity contribution >= 4 is 28.7 Å². The van der Waals surface area contributed by atoms with Gasteiger partial charge in [-0.2, -0.15) is 13.2 Å². The molecule has 12 heteroatoms. The van der Waals surface area contributed by atoms with Gasteiger partial charge in [0.05, 0.1) is 24.2 Å². The minimum absolute atomic E-state index is 0.0216. The number of anilines is 2. The number of halogens is 3. The van der Waals surface area contributed by atoms with E-state index in [0.717, 1.165) is 86.7 Å². The van der Waals surface area contributed by atoms with E-state index in [0.29, 0.717) is 34.2 Å². The molecule has 4 aliphatic rings. The number of hydrogen-bond acceptors (Lipinski definition) is 9. The topological polar surface area (TPSA) is 117 Å². The Balaban J connectivity index is 1.13. The number of nitrogens with zero attached hydrogens (tertiary/aromatic N) is 3. The monoisotopic (exact) mass is 735 g/mol. The van der Waals surface area contributed by atoms with E-state index in [-0.39, 0.29) is 23.6 Å². The summed E-state index contributed by atoms with van der Waals surface area (Å²) in [6.07, 6.45) is 8.29. The number of aromatic nitrogens is 2. The molecule has 3 aromatic rings. The lowest BCUT2D eigenvalue weighted by Crippen LogP contribution is -2.58. The van der Waals surface area contributed by atoms with E-state index in [1.54, 1.807) is 27.0 Å². The van der Waals surface area contributed by atoms with Crippen LogP contribution >= 0.6 is 0 Å². The zero-order valence-corrected chi connectivity index (χ0v) is 31.4. The lowest BCUT2D eigenvalue weighted by Gasteiger charge is -2.49. The molecule has 1 aromatic heterocycles. The van der Waals surface area contributed by atoms with Crippen LogP contribution in [0, 0.1) is 24.2 Å². The second kappa shape index (κ2) is 15.7. The third kappa shape index (κ3) is 8.29. The van der Waals surface area contributed by atoms with Crippen molar-refractivity contribution in [2.45, 2.75) is 108 Å². The minimum Gasteiger partial charge on any atom is -0.496 e. The lowest BCUT2D eigenvalue weighted by molar-refractivity contribution is -0.137. The molecule has 288 valence electrons. The largest absolute Gasteiger partial charge is 0.496 e. The molecule has 7 rings (SSSR count). The summed E-state index contributed by atoms with van der Waals surface area (Å²) in [7, 11) is 1.68. The Morgan fingerprint density at radius 3 is 2.53 bits per heavy atom. The molecule has 5 atom stereocenters. The summed E-state index contributed by atoms with van der Waals surface area (Å²) < 4.78 is 46.9. The van der Waals surface area contributed by atoms with Crippen LogP contribution < -0.4 is 26.4 Å². The molecule has 2 saturated carbocycles. The number of ether oxygens (including phenoxy) is 1. The smallest absolute Gasteiger partial charge is 0.416 e. The lowest BCUT2D eigenvalue weighted by atomic mass is 9.65. The first-order valence-electron chi connectivity index (χ1n) is 19.7. The summed E-state index contributed by atoms with van der Waals surface area (Å²) >= 11 is 0. The van der Waals surface area contributed by atoms with Gasteiger partial charge in [0, 0.05) is 54.8 Å². The van der Waals surface area contributed by atoms with Gasteiger partial charge in [-0.25, -0.2) is 9.97 Å². The zero-order valence-electron chi connectivity index (χ0n) is 31.4. The van der Waals surface area contributed by atoms with Crippen LogP contribution in [0.3, 0.4) is 0 Å². The molecule has 0 radical (unpaired) electrons. The van der Waals surface area contributed by atoms with Crippen molar-refractivity contribution in [2.24, 2.45) is 17.3 Å². The Kier molecular flexibility index (Phi) is 11.2. The fourth-order valence-corrected chi connectivity index (χ4v) is 10.1. The van der Waals surface area contributed by atoms with Crippen LogP contribution in [0.5, 0.6) is 5.75 Å². The summed E-state index contributed by atoms with van der Waals surface area (Å²) in [5.41, 5.74) is 7.87. The molecule has 2 aliphatic heterocycles. The molecule has 0 unspecified atom stereocenters. The van der Waals surface area contributed by atoms with Gasteiger partial charge in [-0.15, -0.1) is 0 Å². The average Bonchev–Trinajstić information content (AvgIpc) is 3.15. The Bertz CT molecular complexity index is 1750. The van der Waals surface area contributed by atoms with Gasteiger partial charge in [-0.3, -0.25) is 4.90 Å². The number of nitrogens with two attached hydrogens (primary N) is 1. The van der Waals surface area contributed by atoms with E-state index in [1.807, 2.05) is 6.07 Å². The number of fused-ring (bicyclic) bond motifs is 1. The number of benzene rings is 2. The maximum absolute atomic E-state index is 13.6. The highest BCUT2D eigenvalue weighted by molar-refractivity contribution is 5.91. The Labute approximate surface area is 311 Å². The van der Waals surface area contributed by atoms with E-state index in [9.17, 15) is 18.0 Å². The van der Waals surface area contributed by atoms with Crippen molar-refractivity contribution in [3.05, 3.63) is 52.8 Å². The summed E-state index contributed by atoms with van der Waals surface area (Å²) in [6.45, 7) is 8.72. The maximum Gasteiger partial charge on any atom is 0.416 e. The molecule has 5 N–H and O–H groups in total. The standard InChI is InChI=1S/C41H56F3N7O2/c1-25(30-17-31(41(42,43)44)20-32(45)18-30)48-39-35-21-34(38(53-3)22-36(35)49-26(2)50-39)28-4-5-29(24-52)37(19-28)51-15-14-47-23-33(51)16-27-6-8-40(9-7-27)10-12-46-13-11-40/h17-18,20-22,24-25,27-29,33,37,46-47H,4-16,19,23,45H2,1-3H3,(H,48,49,50)/t25-,28-,29+,33-,37-/m1/s1. The van der Waals surface area contributed by atoms with Gasteiger partial charge >= 0.3 is 6.18 Å². The molecular formula is C41H56F3N7O2. The Morgan fingerprint density at radius 1 is 1.04 bits per heavy atom. The molecule has 3 heterocycles. The second-order valence-electron chi connectivity index (χ2n) is 16.4. The average molecular weight is 736 g/mol. The van der Waals surface area contributed by atoms with Crippen molar-refractivity contribution in [3.63, 3.8) is 0 Å². The highest BCUT2D eigenvalue weighted by Crippen LogP contribution is 2.48. The predicted octanol–water partition coefficient (Wildman–Crippen LogP) is 7.40. The number of piperazine rings is 1. The molecule has 2 saturated heterocycles. The summed E-state index contributed by atoms with van der Waals surface area (Å²) in [5.74, 6) is 2.67. The van der Waals surface area contributed by atoms with Gasteiger partial charge in [0.2, 0.25) is 0 Å². The normalized spacial score (nSPS) is 26.4. The summed E-state index contributed by atoms with van der Waals surface area (Å²) in [4.78, 5) is 24.8. The SMILES string of the molecule is COc1cc2nc(C)nc(N[C@H](C)c3cc(N)cc(C(F)(F)F)c3)c2cc1[C@@H]1CC[C@@H](C=O)[C@H](N2CCNC[C@H]2CC2CCC3(CCNCC3)CC2)C1. The van der Waals surface area contributed by atoms with Gasteiger partial charge < -0.3 is 31.2 Å². The van der Waals surface area contributed by atoms with E-state index < -0.39 is 17.8 Å². The predicted molar refractivity (Wildman–Crippen MR) is 203 cm³/mol. The van der Waals surface area contributed by atoms with Gasteiger partial charge in [-0.05, 0) is 144 Å². The zero-order chi connectivity index (χ0) is 37.3. The highest BCUT2D eigenvalue weighted by atomic mass is 19.4. The highest BCUT2D eigenvalue weighted by Gasteiger charge is 2.42. The number of piperidine rings is 1. The molecule has 1 spiro atoms. The van der Waals surface area contributed by atoms with Crippen LogP contribution in [0.15, 0.2) is 30.3 Å². The third-order valence-corrected chi connectivity index (χ3v) is 13.1. The number of nitrogen functional groups attached to an aromatic ring is 1. The van der Waals surface area contributed by atoms with E-state index in [1.165, 1.54) is 51.2 Å². The van der Waals surface area contributed by atoms with Gasteiger partial charge in [0.15, 0.2) is 0 Å². The number of nitrogens with one attached hydrogen (secondary N) is 3. The number of carbonyl (C=O) groups is 1. The van der Waals surface area contributed by atoms with Gasteiger partial charge in [0.1, 0.15) is 23.7 Å². The third-order valence-electron chi connectivity index (χ3n) is 13.1. The molecule has 53 heavy (non-hydrogen) atoms. The van der Waals surface area contributed by atoms with Crippen molar-refractivity contribution in [3.8, 4) is 5.75 Å². The number of hydrogen-bond donors (Lipinski definition) is 4. The quantitative estimate of drug-likeness (QED) is 0.132. The van der Waals surface area contributed by atoms with Gasteiger partial charge in [0.25, 0.3) is 0 Å². The van der Waals surface area contributed by atoms with Crippen LogP contribution in [-0.2, 0) is 11.0 Å². The van der Waals surface area contributed by atoms with Crippen LogP contribution in [0.25, 0.3) is 10.9 Å². The van der Waals surface area contributed by atoms with Crippen LogP contribution in [0.1, 0.15) is 106 Å². The number of carbonyl (C=O) groups excluding carboxylic acids is 1. The van der Waals surface area contributed by atoms with E-state index in [4.69, 9.17) is 20.4 Å². The number of methoxy groups -OCH3 is 1. The Hall–Kier alpha value is -3.48. The van der Waals surface area contributed by atoms with Gasteiger partial charge in [-0.1, -0.05) is 0 Å². The fourth-order valence-electron chi connectivity index (χ4n) is 10.1. The van der Waals surface area contributed by atoms with Crippen molar-refractivity contribution in [1.82, 2.24) is 25.5 Å². The Morgan fingerprint density at radius 2 is 1.81 bits per heavy atom. The van der Waals surface area contributed by atoms with E-state index >= 15 is 0 Å². The number of alkyl halides is 3. The van der Waals surface area contributed by atoms with Crippen molar-refractivity contribution < 1.29 is 22.7 Å². The summed E-state index contributed by atoms with van der Waals surface area (Å²) in [5, 5.41) is 11.4. The van der Waals surface area contributed by atoms with Crippen LogP contribution in [0.2, 0.25) is 0 Å². The van der Waals surface area contributed by atoms with Crippen LogP contribution in [0.4, 0.5) is 24.7 Å². The molecule has 4 fully saturated rings. The van der Waals surface area contributed by atoms with Crippen molar-refractivity contribution in [2.75, 3.05) is 50.9 Å². The molecule has 2 aliphatic carbocycles. The number of aryl methyl sites for hydroxylation is 1. The first kappa shape index (κ1) is 37.8. The molecule has 2 aromatic carbocycles. The first-order valence-corrected chi connectivity index (χ1v) is 19.7. The molecular weight excluding hydrogens is 679 g/mol. The second-order valence-corrected chi connectivity index (χ2v) is 16.4. The molecule has 9 nitrogen and oxygen atoms in total. The maximum atomic E-state index is 13.6. The first-order chi connectivity index (χ1) is 25.4. The fraction of sp³-hybridized carbons (Fsp3) is 0.634.